The highest BCUT2D eigenvalue weighted by atomic mass is 19.3. The third kappa shape index (κ3) is 6.14. The van der Waals surface area contributed by atoms with E-state index in [0.717, 1.165) is 6.92 Å². The van der Waals surface area contributed by atoms with Gasteiger partial charge in [-0.15, -0.1) is 0 Å². The maximum atomic E-state index is 13.4. The number of halogens is 2. The molecule has 1 aliphatic heterocycles. The number of nitrogens with one attached hydrogen (secondary N) is 1. The number of rotatable bonds is 6. The highest BCUT2D eigenvalue weighted by Gasteiger charge is 2.25. The summed E-state index contributed by atoms with van der Waals surface area (Å²) in [6.45, 7) is 8.83. The molecule has 1 amide bonds. The Morgan fingerprint density at radius 3 is 2.38 bits per heavy atom. The fraction of sp³-hybridized carbons (Fsp3) is 0.381. The first kappa shape index (κ1) is 22.1. The minimum absolute atomic E-state index is 0.0605. The molecule has 2 rings (SSSR count). The van der Waals surface area contributed by atoms with Gasteiger partial charge in [0.05, 0.1) is 11.8 Å². The van der Waals surface area contributed by atoms with E-state index in [1.54, 1.807) is 29.3 Å². The summed E-state index contributed by atoms with van der Waals surface area (Å²) in [5.74, 6) is -2.46. The molecule has 1 aliphatic rings. The van der Waals surface area contributed by atoms with Gasteiger partial charge in [0.2, 0.25) is 5.91 Å². The standard InChI is InChI=1S/C21H25F2N5O/c1-4-11-25-20(28-14-12-27(13-15-28)19(29)9-10-24)16(2)26-18-7-5-17(6-8-18)21(3,22)23/h4-8,11,26H,2,9,12-15H2,1,3H3/b11-4-,25-20+. The Kier molecular flexibility index (Phi) is 7.48. The number of aliphatic imine (C=N–C) groups is 1. The van der Waals surface area contributed by atoms with Crippen molar-refractivity contribution in [1.29, 1.82) is 5.26 Å². The maximum absolute atomic E-state index is 13.4. The van der Waals surface area contributed by atoms with Crippen LogP contribution in [-0.2, 0) is 10.7 Å². The van der Waals surface area contributed by atoms with Crippen LogP contribution in [0.5, 0.6) is 0 Å². The lowest BCUT2D eigenvalue weighted by molar-refractivity contribution is -0.131. The summed E-state index contributed by atoms with van der Waals surface area (Å²) in [6.07, 6.45) is 3.31. The number of amides is 1. The zero-order chi connectivity index (χ0) is 21.4. The highest BCUT2D eigenvalue weighted by Crippen LogP contribution is 2.28. The zero-order valence-electron chi connectivity index (χ0n) is 16.7. The summed E-state index contributed by atoms with van der Waals surface area (Å²) in [4.78, 5) is 20.0. The molecule has 1 heterocycles. The van der Waals surface area contributed by atoms with Gasteiger partial charge < -0.3 is 15.1 Å². The van der Waals surface area contributed by atoms with E-state index in [2.05, 4.69) is 16.9 Å². The van der Waals surface area contributed by atoms with E-state index >= 15 is 0 Å². The van der Waals surface area contributed by atoms with E-state index in [1.807, 2.05) is 17.9 Å². The van der Waals surface area contributed by atoms with Gasteiger partial charge in [0.25, 0.3) is 5.92 Å². The third-order valence-electron chi connectivity index (χ3n) is 4.47. The number of nitriles is 1. The van der Waals surface area contributed by atoms with Gasteiger partial charge in [-0.05, 0) is 19.1 Å². The molecule has 1 saturated heterocycles. The van der Waals surface area contributed by atoms with Crippen LogP contribution in [0, 0.1) is 11.3 Å². The number of allylic oxidation sites excluding steroid dienone is 1. The number of carbonyl (C=O) groups excluding carboxylic acids is 1. The van der Waals surface area contributed by atoms with E-state index in [1.165, 1.54) is 12.1 Å². The number of amidine groups is 1. The summed E-state index contributed by atoms with van der Waals surface area (Å²) >= 11 is 0. The Hall–Kier alpha value is -3.21. The molecule has 1 N–H and O–H groups in total. The van der Waals surface area contributed by atoms with Crippen molar-refractivity contribution in [1.82, 2.24) is 9.80 Å². The van der Waals surface area contributed by atoms with Crippen LogP contribution < -0.4 is 5.32 Å². The molecule has 6 nitrogen and oxygen atoms in total. The van der Waals surface area contributed by atoms with Crippen LogP contribution in [0.3, 0.4) is 0 Å². The topological polar surface area (TPSA) is 71.7 Å². The number of nitrogens with zero attached hydrogens (tertiary/aromatic N) is 4. The van der Waals surface area contributed by atoms with Crippen LogP contribution in [-0.4, -0.2) is 47.7 Å². The predicted octanol–water partition coefficient (Wildman–Crippen LogP) is 3.71. The van der Waals surface area contributed by atoms with Crippen LogP contribution in [0.25, 0.3) is 0 Å². The molecule has 0 aromatic heterocycles. The molecule has 0 spiro atoms. The zero-order valence-corrected chi connectivity index (χ0v) is 16.7. The largest absolute Gasteiger partial charge is 0.353 e. The van der Waals surface area contributed by atoms with Gasteiger partial charge in [0.1, 0.15) is 6.42 Å². The normalized spacial score (nSPS) is 15.3. The average molecular weight is 401 g/mol. The second-order valence-electron chi connectivity index (χ2n) is 6.71. The average Bonchev–Trinajstić information content (AvgIpc) is 2.68. The fourth-order valence-electron chi connectivity index (χ4n) is 2.92. The van der Waals surface area contributed by atoms with E-state index in [4.69, 9.17) is 5.26 Å². The van der Waals surface area contributed by atoms with Crippen molar-refractivity contribution < 1.29 is 13.6 Å². The molecule has 0 saturated carbocycles. The lowest BCUT2D eigenvalue weighted by atomic mass is 10.1. The summed E-state index contributed by atoms with van der Waals surface area (Å²) < 4.78 is 26.8. The van der Waals surface area contributed by atoms with Crippen LogP contribution in [0.2, 0.25) is 0 Å². The molecule has 0 aliphatic carbocycles. The summed E-state index contributed by atoms with van der Waals surface area (Å²) in [6, 6.07) is 7.77. The molecule has 0 atom stereocenters. The predicted molar refractivity (Wildman–Crippen MR) is 109 cm³/mol. The maximum Gasteiger partial charge on any atom is 0.270 e. The minimum atomic E-state index is -2.89. The Bertz CT molecular complexity index is 826. The molecule has 29 heavy (non-hydrogen) atoms. The lowest BCUT2D eigenvalue weighted by Gasteiger charge is -2.36. The van der Waals surface area contributed by atoms with Gasteiger partial charge in [-0.1, -0.05) is 24.8 Å². The van der Waals surface area contributed by atoms with E-state index in [-0.39, 0.29) is 17.9 Å². The van der Waals surface area contributed by atoms with Gasteiger partial charge in [-0.3, -0.25) is 4.79 Å². The number of benzene rings is 1. The first-order chi connectivity index (χ1) is 13.8. The van der Waals surface area contributed by atoms with Crippen molar-refractivity contribution in [2.45, 2.75) is 26.2 Å². The molecule has 0 bridgehead atoms. The second-order valence-corrected chi connectivity index (χ2v) is 6.71. The first-order valence-electron chi connectivity index (χ1n) is 9.29. The monoisotopic (exact) mass is 401 g/mol. The molecule has 0 radical (unpaired) electrons. The van der Waals surface area contributed by atoms with Crippen LogP contribution in [0.4, 0.5) is 14.5 Å². The third-order valence-corrected chi connectivity index (χ3v) is 4.47. The van der Waals surface area contributed by atoms with E-state index in [0.29, 0.717) is 43.4 Å². The molecular formula is C21H25F2N5O. The summed E-state index contributed by atoms with van der Waals surface area (Å²) in [5.41, 5.74) is 1.09. The number of hydrogen-bond donors (Lipinski definition) is 1. The second kappa shape index (κ2) is 9.82. The van der Waals surface area contributed by atoms with E-state index in [9.17, 15) is 13.6 Å². The quantitative estimate of drug-likeness (QED) is 0.583. The summed E-state index contributed by atoms with van der Waals surface area (Å²) in [7, 11) is 0. The number of hydrogen-bond acceptors (Lipinski definition) is 4. The SMILES string of the molecule is C=C(Nc1ccc(C(C)(F)F)cc1)/C(=N\C=C/C)N1CCN(C(=O)CC#N)CC1. The van der Waals surface area contributed by atoms with Crippen molar-refractivity contribution in [2.24, 2.45) is 4.99 Å². The van der Waals surface area contributed by atoms with Gasteiger partial charge in [-0.2, -0.15) is 5.26 Å². The number of piperazine rings is 1. The van der Waals surface area contributed by atoms with Gasteiger partial charge >= 0.3 is 0 Å². The highest BCUT2D eigenvalue weighted by molar-refractivity contribution is 6.00. The molecule has 1 aromatic rings. The smallest absolute Gasteiger partial charge is 0.270 e. The Morgan fingerprint density at radius 2 is 1.86 bits per heavy atom. The Labute approximate surface area is 169 Å². The van der Waals surface area contributed by atoms with Crippen molar-refractivity contribution >= 4 is 17.4 Å². The molecule has 1 aromatic carbocycles. The van der Waals surface area contributed by atoms with Crippen molar-refractivity contribution in [3.63, 3.8) is 0 Å². The van der Waals surface area contributed by atoms with Gasteiger partial charge in [0.15, 0.2) is 5.84 Å². The number of carbonyl (C=O) groups is 1. The molecule has 0 unspecified atom stereocenters. The van der Waals surface area contributed by atoms with Crippen molar-refractivity contribution in [2.75, 3.05) is 31.5 Å². The lowest BCUT2D eigenvalue weighted by Crippen LogP contribution is -2.51. The number of alkyl halides is 2. The molecular weight excluding hydrogens is 376 g/mol. The number of anilines is 1. The Balaban J connectivity index is 2.08. The van der Waals surface area contributed by atoms with Crippen LogP contribution >= 0.6 is 0 Å². The molecule has 8 heteroatoms. The fourth-order valence-corrected chi connectivity index (χ4v) is 2.92. The molecule has 154 valence electrons. The summed E-state index contributed by atoms with van der Waals surface area (Å²) in [5, 5.41) is 11.8. The first-order valence-corrected chi connectivity index (χ1v) is 9.29. The van der Waals surface area contributed by atoms with Crippen molar-refractivity contribution in [3.05, 3.63) is 54.4 Å². The van der Waals surface area contributed by atoms with E-state index < -0.39 is 5.92 Å². The van der Waals surface area contributed by atoms with Crippen molar-refractivity contribution in [3.8, 4) is 6.07 Å². The molecule has 1 fully saturated rings. The minimum Gasteiger partial charge on any atom is -0.353 e. The van der Waals surface area contributed by atoms with Gasteiger partial charge in [0, 0.05) is 50.6 Å². The van der Waals surface area contributed by atoms with Crippen LogP contribution in [0.1, 0.15) is 25.8 Å². The van der Waals surface area contributed by atoms with Gasteiger partial charge in [-0.25, -0.2) is 13.8 Å². The Morgan fingerprint density at radius 1 is 1.28 bits per heavy atom. The van der Waals surface area contributed by atoms with Crippen LogP contribution in [0.15, 0.2) is 53.8 Å².